The van der Waals surface area contributed by atoms with Crippen LogP contribution in [0.25, 0.3) is 0 Å². The first-order valence-corrected chi connectivity index (χ1v) is 7.82. The van der Waals surface area contributed by atoms with Crippen LogP contribution in [0.5, 0.6) is 0 Å². The zero-order valence-electron chi connectivity index (χ0n) is 12.5. The van der Waals surface area contributed by atoms with Crippen LogP contribution in [0.1, 0.15) is 53.6 Å². The summed E-state index contributed by atoms with van der Waals surface area (Å²) in [6.45, 7) is 1.59. The molecule has 0 aromatic heterocycles. The summed E-state index contributed by atoms with van der Waals surface area (Å²) in [5, 5.41) is 3.53. The third kappa shape index (κ3) is 3.05. The van der Waals surface area contributed by atoms with Crippen LogP contribution < -0.4 is 5.32 Å². The number of rotatable bonds is 2. The van der Waals surface area contributed by atoms with Gasteiger partial charge in [-0.3, -0.25) is 4.79 Å². The number of benzene rings is 1. The lowest BCUT2D eigenvalue weighted by molar-refractivity contribution is -0.137. The van der Waals surface area contributed by atoms with Crippen LogP contribution in [0.15, 0.2) is 18.2 Å². The van der Waals surface area contributed by atoms with Gasteiger partial charge in [-0.15, -0.1) is 0 Å². The average Bonchev–Trinajstić information content (AvgIpc) is 2.45. The SMILES string of the molecule is Cc1cc(C(F)(F)F)ccc1C(=O)C1CC2CCCC(C1)N2. The normalized spacial score (nSPS) is 28.5. The van der Waals surface area contributed by atoms with Crippen molar-refractivity contribution in [2.45, 2.75) is 57.3 Å². The van der Waals surface area contributed by atoms with Crippen molar-refractivity contribution in [2.24, 2.45) is 5.92 Å². The van der Waals surface area contributed by atoms with Crippen molar-refractivity contribution in [2.75, 3.05) is 0 Å². The minimum atomic E-state index is -4.36. The van der Waals surface area contributed by atoms with E-state index in [0.717, 1.165) is 37.8 Å². The summed E-state index contributed by atoms with van der Waals surface area (Å²) in [4.78, 5) is 12.7. The lowest BCUT2D eigenvalue weighted by Crippen LogP contribution is -2.50. The Morgan fingerprint density at radius 2 is 1.82 bits per heavy atom. The number of nitrogens with one attached hydrogen (secondary N) is 1. The number of carbonyl (C=O) groups excluding carboxylic acids is 1. The molecule has 2 unspecified atom stereocenters. The van der Waals surface area contributed by atoms with Crippen molar-refractivity contribution in [1.29, 1.82) is 0 Å². The fraction of sp³-hybridized carbons (Fsp3) is 0.588. The number of piperidine rings is 2. The van der Waals surface area contributed by atoms with Crippen LogP contribution in [-0.2, 0) is 6.18 Å². The Bertz CT molecular complexity index is 570. The van der Waals surface area contributed by atoms with Gasteiger partial charge in [-0.1, -0.05) is 12.5 Å². The second-order valence-electron chi connectivity index (χ2n) is 6.55. The third-order valence-corrected chi connectivity index (χ3v) is 4.90. The number of ketones is 1. The molecule has 2 nitrogen and oxygen atoms in total. The number of aryl methyl sites for hydroxylation is 1. The molecule has 3 rings (SSSR count). The Hall–Kier alpha value is -1.36. The number of hydrogen-bond acceptors (Lipinski definition) is 2. The molecule has 22 heavy (non-hydrogen) atoms. The van der Waals surface area contributed by atoms with E-state index < -0.39 is 11.7 Å². The van der Waals surface area contributed by atoms with E-state index in [1.807, 2.05) is 0 Å². The van der Waals surface area contributed by atoms with Crippen LogP contribution in [0.2, 0.25) is 0 Å². The highest BCUT2D eigenvalue weighted by Crippen LogP contribution is 2.34. The first kappa shape index (κ1) is 15.5. The van der Waals surface area contributed by atoms with E-state index in [9.17, 15) is 18.0 Å². The predicted octanol–water partition coefficient (Wildman–Crippen LogP) is 4.12. The molecular weight excluding hydrogens is 291 g/mol. The molecule has 1 aromatic rings. The van der Waals surface area contributed by atoms with Gasteiger partial charge >= 0.3 is 6.18 Å². The number of alkyl halides is 3. The van der Waals surface area contributed by atoms with Gasteiger partial charge < -0.3 is 5.32 Å². The molecule has 2 atom stereocenters. The highest BCUT2D eigenvalue weighted by molar-refractivity contribution is 5.99. The van der Waals surface area contributed by atoms with Crippen molar-refractivity contribution in [3.05, 3.63) is 34.9 Å². The van der Waals surface area contributed by atoms with Crippen molar-refractivity contribution < 1.29 is 18.0 Å². The van der Waals surface area contributed by atoms with Gasteiger partial charge in [0.25, 0.3) is 0 Å². The van der Waals surface area contributed by atoms with Gasteiger partial charge in [0, 0.05) is 23.6 Å². The summed E-state index contributed by atoms with van der Waals surface area (Å²) in [5.74, 6) is -0.0587. The van der Waals surface area contributed by atoms with Gasteiger partial charge in [-0.05, 0) is 50.3 Å². The molecule has 0 spiro atoms. The molecule has 0 saturated carbocycles. The molecule has 1 N–H and O–H groups in total. The zero-order valence-corrected chi connectivity index (χ0v) is 12.5. The van der Waals surface area contributed by atoms with Crippen molar-refractivity contribution in [1.82, 2.24) is 5.32 Å². The summed E-state index contributed by atoms with van der Waals surface area (Å²) in [5.41, 5.74) is 0.172. The summed E-state index contributed by atoms with van der Waals surface area (Å²) < 4.78 is 38.2. The molecular formula is C17H20F3NO. The molecule has 2 saturated heterocycles. The Balaban J connectivity index is 1.80. The number of carbonyl (C=O) groups is 1. The molecule has 120 valence electrons. The molecule has 0 aliphatic carbocycles. The minimum Gasteiger partial charge on any atom is -0.311 e. The molecule has 1 aromatic carbocycles. The average molecular weight is 311 g/mol. The van der Waals surface area contributed by atoms with Gasteiger partial charge in [-0.2, -0.15) is 13.2 Å². The van der Waals surface area contributed by atoms with E-state index in [-0.39, 0.29) is 11.7 Å². The largest absolute Gasteiger partial charge is 0.416 e. The van der Waals surface area contributed by atoms with Gasteiger partial charge in [0.15, 0.2) is 5.78 Å². The van der Waals surface area contributed by atoms with Crippen LogP contribution in [0.3, 0.4) is 0 Å². The standard InChI is InChI=1S/C17H20F3NO/c1-10-7-12(17(18,19)20)5-6-15(10)16(22)11-8-13-3-2-4-14(9-11)21-13/h5-7,11,13-14,21H,2-4,8-9H2,1H3. The number of fused-ring (bicyclic) bond motifs is 2. The first-order chi connectivity index (χ1) is 10.3. The molecule has 2 heterocycles. The maximum atomic E-state index is 12.7. The molecule has 2 aliphatic rings. The zero-order chi connectivity index (χ0) is 15.9. The van der Waals surface area contributed by atoms with Gasteiger partial charge in [-0.25, -0.2) is 0 Å². The van der Waals surface area contributed by atoms with E-state index in [2.05, 4.69) is 5.32 Å². The van der Waals surface area contributed by atoms with E-state index >= 15 is 0 Å². The second kappa shape index (κ2) is 5.69. The fourth-order valence-corrected chi connectivity index (χ4v) is 3.82. The van der Waals surface area contributed by atoms with Gasteiger partial charge in [0.05, 0.1) is 5.56 Å². The van der Waals surface area contributed by atoms with E-state index in [1.165, 1.54) is 12.5 Å². The van der Waals surface area contributed by atoms with Crippen molar-refractivity contribution in [3.8, 4) is 0 Å². The van der Waals surface area contributed by atoms with Gasteiger partial charge in [0.1, 0.15) is 0 Å². The quantitative estimate of drug-likeness (QED) is 0.833. The molecule has 5 heteroatoms. The first-order valence-electron chi connectivity index (χ1n) is 7.82. The van der Waals surface area contributed by atoms with E-state index in [4.69, 9.17) is 0 Å². The molecule has 0 radical (unpaired) electrons. The molecule has 2 aliphatic heterocycles. The summed E-state index contributed by atoms with van der Waals surface area (Å²) in [6.07, 6.45) is 0.616. The van der Waals surface area contributed by atoms with Crippen LogP contribution in [0.4, 0.5) is 13.2 Å². The van der Waals surface area contributed by atoms with Crippen molar-refractivity contribution >= 4 is 5.78 Å². The molecule has 2 fully saturated rings. The molecule has 2 bridgehead atoms. The topological polar surface area (TPSA) is 29.1 Å². The van der Waals surface area contributed by atoms with Crippen LogP contribution in [-0.4, -0.2) is 17.9 Å². The number of halogens is 3. The maximum absolute atomic E-state index is 12.7. The Kier molecular flexibility index (Phi) is 4.02. The lowest BCUT2D eigenvalue weighted by atomic mass is 9.76. The smallest absolute Gasteiger partial charge is 0.311 e. The second-order valence-corrected chi connectivity index (χ2v) is 6.55. The van der Waals surface area contributed by atoms with Gasteiger partial charge in [0.2, 0.25) is 0 Å². The van der Waals surface area contributed by atoms with E-state index in [1.54, 1.807) is 6.92 Å². The maximum Gasteiger partial charge on any atom is 0.416 e. The third-order valence-electron chi connectivity index (χ3n) is 4.90. The monoisotopic (exact) mass is 311 g/mol. The van der Waals surface area contributed by atoms with Crippen LogP contribution >= 0.6 is 0 Å². The Morgan fingerprint density at radius 3 is 2.36 bits per heavy atom. The summed E-state index contributed by atoms with van der Waals surface area (Å²) in [6, 6.07) is 4.21. The summed E-state index contributed by atoms with van der Waals surface area (Å²) >= 11 is 0. The number of Topliss-reactive ketones (excluding diaryl/α,β-unsaturated/α-hetero) is 1. The Labute approximate surface area is 128 Å². The highest BCUT2D eigenvalue weighted by Gasteiger charge is 2.36. The van der Waals surface area contributed by atoms with Crippen molar-refractivity contribution in [3.63, 3.8) is 0 Å². The minimum absolute atomic E-state index is 0.00428. The molecule has 0 amide bonds. The lowest BCUT2D eigenvalue weighted by Gasteiger charge is -2.39. The number of hydrogen-bond donors (Lipinski definition) is 1. The highest BCUT2D eigenvalue weighted by atomic mass is 19.4. The fourth-order valence-electron chi connectivity index (χ4n) is 3.82. The van der Waals surface area contributed by atoms with E-state index in [0.29, 0.717) is 23.2 Å². The van der Waals surface area contributed by atoms with Crippen LogP contribution in [0, 0.1) is 12.8 Å². The Morgan fingerprint density at radius 1 is 1.18 bits per heavy atom. The summed E-state index contributed by atoms with van der Waals surface area (Å²) in [7, 11) is 0. The predicted molar refractivity (Wildman–Crippen MR) is 77.8 cm³/mol.